The largest absolute Gasteiger partial charge is 0.508 e. The highest BCUT2D eigenvalue weighted by Gasteiger charge is 2.40. The minimum Gasteiger partial charge on any atom is -0.508 e. The molecule has 32 heteroatoms. The van der Waals surface area contributed by atoms with Crippen LogP contribution in [0, 0.1) is 5.92 Å². The van der Waals surface area contributed by atoms with E-state index in [2.05, 4.69) is 63.5 Å². The third kappa shape index (κ3) is 25.1. The van der Waals surface area contributed by atoms with Crippen molar-refractivity contribution in [1.82, 2.24) is 63.4 Å². The van der Waals surface area contributed by atoms with Crippen LogP contribution in [0.5, 0.6) is 5.75 Å². The number of phenols is 1. The number of carbonyl (C=O) groups is 13. The van der Waals surface area contributed by atoms with E-state index >= 15 is 9.59 Å². The van der Waals surface area contributed by atoms with Crippen LogP contribution in [0.25, 0.3) is 10.8 Å². The summed E-state index contributed by atoms with van der Waals surface area (Å²) < 4.78 is 0. The van der Waals surface area contributed by atoms with Gasteiger partial charge >= 0.3 is 0 Å². The highest BCUT2D eigenvalue weighted by atomic mass is 35.5. The van der Waals surface area contributed by atoms with Crippen molar-refractivity contribution in [3.63, 3.8) is 0 Å². The number of aliphatic imine (C=N–C) groups is 1. The second-order valence-corrected chi connectivity index (χ2v) is 25.6. The summed E-state index contributed by atoms with van der Waals surface area (Å²) in [5.74, 6) is -11.1. The van der Waals surface area contributed by atoms with Crippen LogP contribution in [0.3, 0.4) is 0 Å². The lowest BCUT2D eigenvalue weighted by molar-refractivity contribution is -0.142. The molecule has 4 aromatic rings. The maximum atomic E-state index is 15.1. The average Bonchev–Trinajstić information content (AvgIpc) is 1.60. The standard InChI is InChI=1S/C68H91ClN16O15/c1-37(2)30-50(62(95)79-49(13-8-28-74-68(71)72)67(100)85-29-9-14-55(85)66(99)76-38(3)58(70)91)80-64(97)53(34-42-15-20-43-10-5-6-11-44(43)31-42)82-63(96)52(33-41-18-23-46(88)24-19-41)83-65(98)54(36-86)84-60(93)47-12-7-27-73-59(92)51(32-40-16-21-45(69)22-17-40)81-61(94)48(77-39(4)87)25-26-56(89)75-35-57(90)78-47/h5-6,10-11,15-24,31,37-38,47-55,86,88H,7-9,12-14,25-30,32-36H2,1-4H3,(H2,70,91)(H,73,92)(H,75,89)(H,76,99)(H,77,87)(H,78,90)(H,79,95)(H,80,97)(H,81,94)(H,82,96)(H,83,98)(H,84,93)(H4,71,72,74)/t38?,47-,48?,49+,50-,51-,52+,53?,54+,55-/m1/s1. The lowest BCUT2D eigenvalue weighted by Crippen LogP contribution is -2.61. The summed E-state index contributed by atoms with van der Waals surface area (Å²) in [4.78, 5) is 185. The van der Waals surface area contributed by atoms with Crippen LogP contribution in [-0.4, -0.2) is 191 Å². The van der Waals surface area contributed by atoms with E-state index < -0.39 is 150 Å². The Morgan fingerprint density at radius 2 is 1.26 bits per heavy atom. The molecular formula is C68H91ClN16O15. The number of fused-ring (bicyclic) bond motifs is 1. The third-order valence-electron chi connectivity index (χ3n) is 16.6. The first-order valence-corrected chi connectivity index (χ1v) is 33.4. The Balaban J connectivity index is 1.25. The predicted molar refractivity (Wildman–Crippen MR) is 368 cm³/mol. The minimum absolute atomic E-state index is 0.00393. The van der Waals surface area contributed by atoms with Gasteiger partial charge < -0.3 is 90.8 Å². The second-order valence-electron chi connectivity index (χ2n) is 25.2. The number of hydrogen-bond acceptors (Lipinski definition) is 16. The molecule has 3 unspecified atom stereocenters. The predicted octanol–water partition coefficient (Wildman–Crippen LogP) is -2.00. The van der Waals surface area contributed by atoms with Crippen molar-refractivity contribution in [2.24, 2.45) is 28.1 Å². The number of halogens is 1. The molecule has 0 aliphatic carbocycles. The van der Waals surface area contributed by atoms with E-state index in [0.29, 0.717) is 28.1 Å². The van der Waals surface area contributed by atoms with Crippen molar-refractivity contribution >= 4 is 105 Å². The Kier molecular flexibility index (Phi) is 30.4. The molecule has 0 spiro atoms. The first kappa shape index (κ1) is 78.6. The number of aliphatic hydroxyl groups is 1. The van der Waals surface area contributed by atoms with Gasteiger partial charge in [-0.25, -0.2) is 0 Å². The normalized spacial score (nSPS) is 18.8. The summed E-state index contributed by atoms with van der Waals surface area (Å²) in [5, 5.41) is 51.7. The molecule has 0 bridgehead atoms. The van der Waals surface area contributed by atoms with E-state index in [9.17, 15) is 63.0 Å². The monoisotopic (exact) mass is 1410 g/mol. The number of aliphatic hydroxyl groups excluding tert-OH is 1. The van der Waals surface area contributed by atoms with Crippen molar-refractivity contribution in [3.8, 4) is 5.75 Å². The van der Waals surface area contributed by atoms with Crippen molar-refractivity contribution in [2.45, 2.75) is 165 Å². The SMILES string of the molecule is CC(=O)NC1CCC(=O)NCC(=O)N[C@@H](C(=O)N[C@@H](CO)C(=O)N[C@@H](Cc2ccc(O)cc2)C(=O)NC(Cc2ccc3ccccc3c2)C(=O)N[C@H](CC(C)C)C(=O)N[C@@H](CCCN=C(N)N)C(=O)N2CCC[C@@H]2C(=O)NC(C)C(N)=O)CCCNC(=O)[C@@H](Cc2ccc(Cl)cc2)NC1=O. The van der Waals surface area contributed by atoms with Gasteiger partial charge in [0.1, 0.15) is 66.2 Å². The number of benzene rings is 4. The highest BCUT2D eigenvalue weighted by molar-refractivity contribution is 6.30. The van der Waals surface area contributed by atoms with Gasteiger partial charge in [-0.1, -0.05) is 92.2 Å². The van der Waals surface area contributed by atoms with E-state index in [-0.39, 0.29) is 108 Å². The maximum absolute atomic E-state index is 15.1. The molecule has 100 heavy (non-hydrogen) atoms. The summed E-state index contributed by atoms with van der Waals surface area (Å²) in [6.45, 7) is 4.47. The zero-order valence-electron chi connectivity index (χ0n) is 56.2. The van der Waals surface area contributed by atoms with E-state index in [1.807, 2.05) is 30.3 Å². The number of aromatic hydroxyl groups is 1. The van der Waals surface area contributed by atoms with Gasteiger partial charge in [0.15, 0.2) is 5.96 Å². The molecule has 2 aliphatic rings. The van der Waals surface area contributed by atoms with Crippen molar-refractivity contribution < 1.29 is 72.5 Å². The fourth-order valence-corrected chi connectivity index (χ4v) is 11.5. The number of guanidine groups is 1. The van der Waals surface area contributed by atoms with Gasteiger partial charge in [0.05, 0.1) is 13.2 Å². The molecular weight excluding hydrogens is 1320 g/mol. The van der Waals surface area contributed by atoms with Gasteiger partial charge in [-0.3, -0.25) is 67.3 Å². The van der Waals surface area contributed by atoms with Crippen LogP contribution in [-0.2, 0) is 81.6 Å². The van der Waals surface area contributed by atoms with Crippen LogP contribution in [0.15, 0.2) is 96.0 Å². The van der Waals surface area contributed by atoms with E-state index in [4.69, 9.17) is 28.8 Å². The molecule has 540 valence electrons. The van der Waals surface area contributed by atoms with Gasteiger partial charge in [-0.15, -0.1) is 0 Å². The van der Waals surface area contributed by atoms with Crippen molar-refractivity contribution in [3.05, 3.63) is 113 Å². The molecule has 4 aromatic carbocycles. The third-order valence-corrected chi connectivity index (χ3v) is 16.9. The number of hydrogen-bond donors (Lipinski definition) is 16. The summed E-state index contributed by atoms with van der Waals surface area (Å²) in [6.07, 6.45) is -0.571. The van der Waals surface area contributed by atoms with Gasteiger partial charge in [-0.2, -0.15) is 0 Å². The Hall–Kier alpha value is -10.4. The summed E-state index contributed by atoms with van der Waals surface area (Å²) in [7, 11) is 0. The van der Waals surface area contributed by atoms with E-state index in [0.717, 1.165) is 10.8 Å². The second kappa shape index (κ2) is 38.6. The molecule has 31 nitrogen and oxygen atoms in total. The molecule has 2 heterocycles. The number of nitrogens with one attached hydrogen (secondary N) is 11. The van der Waals surface area contributed by atoms with Crippen LogP contribution < -0.4 is 75.7 Å². The first-order valence-electron chi connectivity index (χ1n) is 33.1. The Morgan fingerprint density at radius 1 is 0.650 bits per heavy atom. The highest BCUT2D eigenvalue weighted by Crippen LogP contribution is 2.22. The number of amides is 13. The average molecular weight is 1410 g/mol. The molecule has 13 amide bonds. The molecule has 2 fully saturated rings. The first-order chi connectivity index (χ1) is 47.6. The number of nitrogens with zero attached hydrogens (tertiary/aromatic N) is 2. The zero-order chi connectivity index (χ0) is 73.2. The van der Waals surface area contributed by atoms with Crippen molar-refractivity contribution in [2.75, 3.05) is 32.8 Å². The molecule has 6 rings (SSSR count). The van der Waals surface area contributed by atoms with Gasteiger partial charge in [0.2, 0.25) is 76.8 Å². The molecule has 2 aliphatic heterocycles. The topological polar surface area (TPSA) is 488 Å². The molecule has 2 saturated heterocycles. The molecule has 0 aromatic heterocycles. The Labute approximate surface area is 583 Å². The zero-order valence-corrected chi connectivity index (χ0v) is 57.0. The van der Waals surface area contributed by atoms with Crippen LogP contribution in [0.4, 0.5) is 0 Å². The lowest BCUT2D eigenvalue weighted by atomic mass is 9.98. The summed E-state index contributed by atoms with van der Waals surface area (Å²) >= 11 is 6.10. The van der Waals surface area contributed by atoms with E-state index in [1.54, 1.807) is 50.2 Å². The fourth-order valence-electron chi connectivity index (χ4n) is 11.3. The minimum atomic E-state index is -1.83. The number of likely N-dealkylation sites (tertiary alicyclic amines) is 1. The van der Waals surface area contributed by atoms with Crippen LogP contribution in [0.1, 0.15) is 102 Å². The smallest absolute Gasteiger partial charge is 0.245 e. The number of carbonyl (C=O) groups excluding carboxylic acids is 13. The van der Waals surface area contributed by atoms with Crippen molar-refractivity contribution in [1.29, 1.82) is 0 Å². The quantitative estimate of drug-likeness (QED) is 0.0166. The molecule has 19 N–H and O–H groups in total. The van der Waals surface area contributed by atoms with Gasteiger partial charge in [-0.05, 0) is 116 Å². The van der Waals surface area contributed by atoms with Crippen LogP contribution in [0.2, 0.25) is 5.02 Å². The fraction of sp³-hybridized carbons (Fsp3) is 0.471. The number of nitrogens with two attached hydrogens (primary N) is 3. The number of phenolic OH excluding ortho intramolecular Hbond substituents is 1. The molecule has 0 saturated carbocycles. The molecule has 10 atom stereocenters. The summed E-state index contributed by atoms with van der Waals surface area (Å²) in [5.41, 5.74) is 18.1. The van der Waals surface area contributed by atoms with E-state index in [1.165, 1.54) is 43.0 Å². The van der Waals surface area contributed by atoms with Crippen LogP contribution >= 0.6 is 11.6 Å². The molecule has 0 radical (unpaired) electrons. The maximum Gasteiger partial charge on any atom is 0.245 e. The Morgan fingerprint density at radius 3 is 1.90 bits per heavy atom. The lowest BCUT2D eigenvalue weighted by Gasteiger charge is -2.31. The number of primary amides is 1. The van der Waals surface area contributed by atoms with Gasteiger partial charge in [0.25, 0.3) is 0 Å². The Bertz CT molecular complexity index is 3610. The summed E-state index contributed by atoms with van der Waals surface area (Å²) in [6, 6.07) is 11.2. The number of rotatable bonds is 28. The van der Waals surface area contributed by atoms with Gasteiger partial charge in [0, 0.05) is 57.3 Å².